The van der Waals surface area contributed by atoms with Gasteiger partial charge in [-0.25, -0.2) is 4.98 Å². The highest BCUT2D eigenvalue weighted by atomic mass is 16.1. The van der Waals surface area contributed by atoms with Gasteiger partial charge >= 0.3 is 0 Å². The van der Waals surface area contributed by atoms with Crippen LogP contribution in [0.1, 0.15) is 15.9 Å². The predicted octanol–water partition coefficient (Wildman–Crippen LogP) is -0.101. The molecule has 1 fully saturated rings. The average molecular weight is 220 g/mol. The van der Waals surface area contributed by atoms with Gasteiger partial charge in [0.15, 0.2) is 0 Å². The normalized spacial score (nSPS) is 16.2. The fourth-order valence-electron chi connectivity index (χ4n) is 1.96. The lowest BCUT2D eigenvalue weighted by Gasteiger charge is -2.29. The first-order valence-corrected chi connectivity index (χ1v) is 5.41. The summed E-state index contributed by atoms with van der Waals surface area (Å²) in [5.74, 6) is 0.313. The quantitative estimate of drug-likeness (QED) is 0.730. The number of aryl methyl sites for hydroxylation is 1. The Morgan fingerprint density at radius 3 is 2.81 bits per heavy atom. The van der Waals surface area contributed by atoms with E-state index in [4.69, 9.17) is 5.73 Å². The predicted molar refractivity (Wildman–Crippen MR) is 62.6 cm³/mol. The summed E-state index contributed by atoms with van der Waals surface area (Å²) in [5, 5.41) is 3.26. The molecule has 0 aromatic carbocycles. The Bertz CT molecular complexity index is 399. The number of anilines is 1. The third-order valence-corrected chi connectivity index (χ3v) is 2.80. The van der Waals surface area contributed by atoms with Gasteiger partial charge in [-0.2, -0.15) is 0 Å². The van der Waals surface area contributed by atoms with Gasteiger partial charge < -0.3 is 16.0 Å². The largest absolute Gasteiger partial charge is 0.365 e. The fraction of sp³-hybridized carbons (Fsp3) is 0.455. The van der Waals surface area contributed by atoms with E-state index in [1.807, 2.05) is 13.0 Å². The molecule has 2 rings (SSSR count). The SMILES string of the molecule is Cc1ccnc(N2CCNCC2)c1C(N)=O. The summed E-state index contributed by atoms with van der Waals surface area (Å²) in [6.45, 7) is 5.42. The van der Waals surface area contributed by atoms with Crippen molar-refractivity contribution in [2.45, 2.75) is 6.92 Å². The van der Waals surface area contributed by atoms with Gasteiger partial charge in [0.2, 0.25) is 0 Å². The van der Waals surface area contributed by atoms with Crippen molar-refractivity contribution in [3.63, 3.8) is 0 Å². The molecule has 0 spiro atoms. The van der Waals surface area contributed by atoms with Crippen LogP contribution in [0.2, 0.25) is 0 Å². The number of carbonyl (C=O) groups is 1. The molecule has 0 radical (unpaired) electrons. The van der Waals surface area contributed by atoms with Crippen LogP contribution >= 0.6 is 0 Å². The van der Waals surface area contributed by atoms with E-state index in [9.17, 15) is 4.79 Å². The van der Waals surface area contributed by atoms with E-state index < -0.39 is 5.91 Å². The second-order valence-corrected chi connectivity index (χ2v) is 3.93. The molecule has 2 heterocycles. The highest BCUT2D eigenvalue weighted by Crippen LogP contribution is 2.20. The number of amides is 1. The standard InChI is InChI=1S/C11H16N4O/c1-8-2-3-14-11(9(8)10(12)16)15-6-4-13-5-7-15/h2-3,13H,4-7H2,1H3,(H2,12,16). The number of piperazine rings is 1. The van der Waals surface area contributed by atoms with Gasteiger partial charge in [0.05, 0.1) is 5.56 Å². The lowest BCUT2D eigenvalue weighted by molar-refractivity contribution is 0.1000. The number of nitrogens with one attached hydrogen (secondary N) is 1. The van der Waals surface area contributed by atoms with Crippen LogP contribution < -0.4 is 16.0 Å². The fourth-order valence-corrected chi connectivity index (χ4v) is 1.96. The molecule has 1 saturated heterocycles. The smallest absolute Gasteiger partial charge is 0.252 e. The maximum atomic E-state index is 11.4. The Kier molecular flexibility index (Phi) is 3.05. The number of nitrogens with two attached hydrogens (primary N) is 1. The van der Waals surface area contributed by atoms with E-state index >= 15 is 0 Å². The van der Waals surface area contributed by atoms with Crippen LogP contribution in [0.15, 0.2) is 12.3 Å². The summed E-state index contributed by atoms with van der Waals surface area (Å²) in [7, 11) is 0. The Morgan fingerprint density at radius 2 is 2.19 bits per heavy atom. The minimum atomic E-state index is -0.404. The molecule has 1 aliphatic heterocycles. The topological polar surface area (TPSA) is 71.2 Å². The highest BCUT2D eigenvalue weighted by molar-refractivity contribution is 5.99. The zero-order valence-electron chi connectivity index (χ0n) is 9.36. The number of hydrogen-bond acceptors (Lipinski definition) is 4. The molecular weight excluding hydrogens is 204 g/mol. The molecule has 0 bridgehead atoms. The highest BCUT2D eigenvalue weighted by Gasteiger charge is 2.19. The van der Waals surface area contributed by atoms with E-state index in [1.54, 1.807) is 6.20 Å². The van der Waals surface area contributed by atoms with Crippen LogP contribution in [0.5, 0.6) is 0 Å². The second-order valence-electron chi connectivity index (χ2n) is 3.93. The van der Waals surface area contributed by atoms with Gasteiger partial charge in [0.1, 0.15) is 5.82 Å². The van der Waals surface area contributed by atoms with Crippen molar-refractivity contribution in [3.05, 3.63) is 23.4 Å². The first-order valence-electron chi connectivity index (χ1n) is 5.41. The molecule has 0 aliphatic carbocycles. The maximum absolute atomic E-state index is 11.4. The molecule has 0 unspecified atom stereocenters. The molecule has 16 heavy (non-hydrogen) atoms. The number of aromatic nitrogens is 1. The molecule has 0 atom stereocenters. The Hall–Kier alpha value is -1.62. The zero-order valence-corrected chi connectivity index (χ0v) is 9.36. The summed E-state index contributed by atoms with van der Waals surface area (Å²) < 4.78 is 0. The summed E-state index contributed by atoms with van der Waals surface area (Å²) in [4.78, 5) is 17.8. The van der Waals surface area contributed by atoms with Crippen LogP contribution in [0.3, 0.4) is 0 Å². The number of rotatable bonds is 2. The minimum Gasteiger partial charge on any atom is -0.365 e. The molecule has 5 heteroatoms. The van der Waals surface area contributed by atoms with E-state index in [-0.39, 0.29) is 0 Å². The van der Waals surface area contributed by atoms with E-state index in [1.165, 1.54) is 0 Å². The van der Waals surface area contributed by atoms with Gasteiger partial charge in [-0.15, -0.1) is 0 Å². The van der Waals surface area contributed by atoms with Crippen molar-refractivity contribution < 1.29 is 4.79 Å². The summed E-state index contributed by atoms with van der Waals surface area (Å²) in [6.07, 6.45) is 1.72. The minimum absolute atomic E-state index is 0.404. The molecule has 1 aliphatic rings. The number of primary amides is 1. The lowest BCUT2D eigenvalue weighted by atomic mass is 10.1. The average Bonchev–Trinajstić information content (AvgIpc) is 2.29. The molecule has 5 nitrogen and oxygen atoms in total. The summed E-state index contributed by atoms with van der Waals surface area (Å²) >= 11 is 0. The molecule has 3 N–H and O–H groups in total. The van der Waals surface area contributed by atoms with Crippen molar-refractivity contribution >= 4 is 11.7 Å². The van der Waals surface area contributed by atoms with Gasteiger partial charge in [-0.3, -0.25) is 4.79 Å². The molecule has 1 aromatic rings. The van der Waals surface area contributed by atoms with Crippen molar-refractivity contribution in [1.29, 1.82) is 0 Å². The molecule has 0 saturated carbocycles. The first-order chi connectivity index (χ1) is 7.70. The number of pyridine rings is 1. The summed E-state index contributed by atoms with van der Waals surface area (Å²) in [6, 6.07) is 1.81. The van der Waals surface area contributed by atoms with Gasteiger partial charge in [-0.05, 0) is 18.6 Å². The third kappa shape index (κ3) is 1.99. The molecule has 1 aromatic heterocycles. The number of hydrogen-bond donors (Lipinski definition) is 2. The van der Waals surface area contributed by atoms with Gasteiger partial charge in [-0.1, -0.05) is 0 Å². The van der Waals surface area contributed by atoms with Crippen LogP contribution in [-0.2, 0) is 0 Å². The molecule has 1 amide bonds. The van der Waals surface area contributed by atoms with E-state index in [0.29, 0.717) is 11.4 Å². The maximum Gasteiger partial charge on any atom is 0.252 e. The van der Waals surface area contributed by atoms with E-state index in [2.05, 4.69) is 15.2 Å². The van der Waals surface area contributed by atoms with Crippen LogP contribution in [0, 0.1) is 6.92 Å². The van der Waals surface area contributed by atoms with Crippen LogP contribution in [0.4, 0.5) is 5.82 Å². The molecule has 86 valence electrons. The Balaban J connectivity index is 2.38. The Labute approximate surface area is 94.6 Å². The third-order valence-electron chi connectivity index (χ3n) is 2.80. The van der Waals surface area contributed by atoms with Crippen molar-refractivity contribution in [1.82, 2.24) is 10.3 Å². The first kappa shape index (κ1) is 10.9. The Morgan fingerprint density at radius 1 is 1.50 bits per heavy atom. The summed E-state index contributed by atoms with van der Waals surface area (Å²) in [5.41, 5.74) is 6.83. The lowest BCUT2D eigenvalue weighted by Crippen LogP contribution is -2.44. The van der Waals surface area contributed by atoms with E-state index in [0.717, 1.165) is 31.7 Å². The monoisotopic (exact) mass is 220 g/mol. The second kappa shape index (κ2) is 4.49. The number of carbonyl (C=O) groups excluding carboxylic acids is 1. The van der Waals surface area contributed by atoms with Crippen LogP contribution in [-0.4, -0.2) is 37.1 Å². The number of nitrogens with zero attached hydrogens (tertiary/aromatic N) is 2. The van der Waals surface area contributed by atoms with Crippen molar-refractivity contribution in [2.75, 3.05) is 31.1 Å². The van der Waals surface area contributed by atoms with Gasteiger partial charge in [0.25, 0.3) is 5.91 Å². The van der Waals surface area contributed by atoms with Crippen molar-refractivity contribution in [3.8, 4) is 0 Å². The molecular formula is C11H16N4O. The van der Waals surface area contributed by atoms with Gasteiger partial charge in [0, 0.05) is 32.4 Å². The van der Waals surface area contributed by atoms with Crippen LogP contribution in [0.25, 0.3) is 0 Å². The van der Waals surface area contributed by atoms with Crippen molar-refractivity contribution in [2.24, 2.45) is 5.73 Å². The zero-order chi connectivity index (χ0) is 11.5.